The maximum absolute atomic E-state index is 8.14. The predicted molar refractivity (Wildman–Crippen MR) is 29.1 cm³/mol. The van der Waals surface area contributed by atoms with Crippen molar-refractivity contribution in [1.82, 2.24) is 0 Å². The molecule has 1 nitrogen and oxygen atoms in total. The molecule has 0 bridgehead atoms. The maximum atomic E-state index is 8.14. The molecule has 0 saturated carbocycles. The Hall–Kier alpha value is 1.77. The van der Waals surface area contributed by atoms with Gasteiger partial charge in [0, 0.05) is 6.61 Å². The normalized spacial score (nSPS) is 8.00. The monoisotopic (exact) mass is 160 g/mol. The summed E-state index contributed by atoms with van der Waals surface area (Å²) in [5.74, 6) is 0.440. The van der Waals surface area contributed by atoms with Crippen molar-refractivity contribution in [2.75, 3.05) is 6.61 Å². The summed E-state index contributed by atoms with van der Waals surface area (Å²) in [4.78, 5) is 0. The van der Waals surface area contributed by atoms with Crippen molar-refractivity contribution in [1.29, 1.82) is 0 Å². The Kier molecular flexibility index (Phi) is 12.1. The summed E-state index contributed by atoms with van der Waals surface area (Å²) in [5.41, 5.74) is 0. The van der Waals surface area contributed by atoms with Crippen LogP contribution in [0, 0.1) is 5.92 Å². The van der Waals surface area contributed by atoms with Crippen LogP contribution in [0.3, 0.4) is 0 Å². The second-order valence-electron chi connectivity index (χ2n) is 1.58. The van der Waals surface area contributed by atoms with Crippen LogP contribution in [0.25, 0.3) is 0 Å². The van der Waals surface area contributed by atoms with Gasteiger partial charge in [0.2, 0.25) is 0 Å². The van der Waals surface area contributed by atoms with Gasteiger partial charge in [-0.15, -0.1) is 0 Å². The van der Waals surface area contributed by atoms with E-state index in [-0.39, 0.29) is 58.2 Å². The Morgan fingerprint density at radius 3 is 1.67 bits per heavy atom. The first-order chi connectivity index (χ1) is 2.27. The van der Waals surface area contributed by atoms with Gasteiger partial charge in [-0.25, -0.2) is 0 Å². The SMILES string of the molecule is CC(C)CO.[RbH]. The molecule has 34 valence electrons. The van der Waals surface area contributed by atoms with Crippen LogP contribution >= 0.6 is 0 Å². The molecule has 0 aliphatic carbocycles. The predicted octanol–water partition coefficient (Wildman–Crippen LogP) is -0.0138. The standard InChI is InChI=1S/C4H10O.Rb.H/c1-4(2)3-5;;/h4-5H,3H2,1-2H3;;. The van der Waals surface area contributed by atoms with E-state index in [1.807, 2.05) is 13.8 Å². The number of rotatable bonds is 1. The van der Waals surface area contributed by atoms with Crippen LogP contribution in [0.5, 0.6) is 0 Å². The van der Waals surface area contributed by atoms with Gasteiger partial charge in [0.15, 0.2) is 0 Å². The van der Waals surface area contributed by atoms with Crippen molar-refractivity contribution in [3.8, 4) is 0 Å². The van der Waals surface area contributed by atoms with Crippen LogP contribution in [0.4, 0.5) is 0 Å². The molecule has 0 spiro atoms. The van der Waals surface area contributed by atoms with Gasteiger partial charge in [0.05, 0.1) is 0 Å². The zero-order valence-electron chi connectivity index (χ0n) is 3.73. The molecular weight excluding hydrogens is 150 g/mol. The van der Waals surface area contributed by atoms with Crippen molar-refractivity contribution in [2.45, 2.75) is 13.8 Å². The van der Waals surface area contributed by atoms with Crippen LogP contribution in [0.15, 0.2) is 0 Å². The van der Waals surface area contributed by atoms with Gasteiger partial charge in [0.1, 0.15) is 0 Å². The van der Waals surface area contributed by atoms with Gasteiger partial charge >= 0.3 is 58.2 Å². The molecule has 0 aromatic heterocycles. The Balaban J connectivity index is 0. The Bertz CT molecular complexity index is 21.5. The summed E-state index contributed by atoms with van der Waals surface area (Å²) in [6, 6.07) is 0. The van der Waals surface area contributed by atoms with Crippen molar-refractivity contribution in [2.24, 2.45) is 5.92 Å². The van der Waals surface area contributed by atoms with Crippen molar-refractivity contribution in [3.63, 3.8) is 0 Å². The molecule has 6 heavy (non-hydrogen) atoms. The molecule has 0 unspecified atom stereocenters. The molecule has 0 atom stereocenters. The molecule has 0 aromatic carbocycles. The van der Waals surface area contributed by atoms with E-state index in [1.165, 1.54) is 0 Å². The third-order valence-corrected chi connectivity index (χ3v) is 0.365. The van der Waals surface area contributed by atoms with Gasteiger partial charge in [-0.2, -0.15) is 0 Å². The average molecular weight is 161 g/mol. The molecule has 0 heterocycles. The average Bonchev–Trinajstić information content (AvgIpc) is 1.38. The second-order valence-corrected chi connectivity index (χ2v) is 1.58. The fraction of sp³-hybridized carbons (Fsp3) is 1.00. The van der Waals surface area contributed by atoms with Crippen LogP contribution in [0.2, 0.25) is 0 Å². The summed E-state index contributed by atoms with van der Waals surface area (Å²) in [5, 5.41) is 8.14. The minimum absolute atomic E-state index is 0. The van der Waals surface area contributed by atoms with Crippen molar-refractivity contribution in [3.05, 3.63) is 0 Å². The molecule has 0 amide bonds. The van der Waals surface area contributed by atoms with Gasteiger partial charge in [-0.1, -0.05) is 13.8 Å². The summed E-state index contributed by atoms with van der Waals surface area (Å²) in [6.45, 7) is 4.25. The molecule has 0 aliphatic rings. The van der Waals surface area contributed by atoms with Crippen LogP contribution in [-0.4, -0.2) is 69.9 Å². The number of hydrogen-bond donors (Lipinski definition) is 1. The van der Waals surface area contributed by atoms with Gasteiger partial charge in [-0.05, 0) is 5.92 Å². The first-order valence-corrected chi connectivity index (χ1v) is 1.88. The van der Waals surface area contributed by atoms with Crippen LogP contribution in [0.1, 0.15) is 13.8 Å². The topological polar surface area (TPSA) is 20.2 Å². The number of hydrogen-bond acceptors (Lipinski definition) is 1. The van der Waals surface area contributed by atoms with E-state index in [9.17, 15) is 0 Å². The molecule has 0 rings (SSSR count). The van der Waals surface area contributed by atoms with Crippen LogP contribution < -0.4 is 0 Å². The summed E-state index contributed by atoms with van der Waals surface area (Å²) >= 11 is 0. The molecule has 2 heteroatoms. The van der Waals surface area contributed by atoms with E-state index in [4.69, 9.17) is 5.11 Å². The van der Waals surface area contributed by atoms with Crippen molar-refractivity contribution >= 4 is 58.2 Å². The molecule has 0 saturated heterocycles. The Morgan fingerprint density at radius 2 is 1.67 bits per heavy atom. The first-order valence-electron chi connectivity index (χ1n) is 1.88. The first kappa shape index (κ1) is 10.7. The molecular formula is C4H11ORb. The molecule has 0 aromatic rings. The number of aliphatic hydroxyl groups excluding tert-OH is 1. The zero-order valence-corrected chi connectivity index (χ0v) is 3.73. The third-order valence-electron chi connectivity index (χ3n) is 0.365. The summed E-state index contributed by atoms with van der Waals surface area (Å²) in [6.07, 6.45) is 0. The second kappa shape index (κ2) is 6.77. The third kappa shape index (κ3) is 9.23. The zero-order chi connectivity index (χ0) is 4.28. The van der Waals surface area contributed by atoms with E-state index >= 15 is 0 Å². The minimum atomic E-state index is 0. The van der Waals surface area contributed by atoms with E-state index in [0.717, 1.165) is 0 Å². The Labute approximate surface area is 87.9 Å². The van der Waals surface area contributed by atoms with E-state index in [0.29, 0.717) is 12.5 Å². The molecule has 1 N–H and O–H groups in total. The van der Waals surface area contributed by atoms with Gasteiger partial charge in [-0.3, -0.25) is 0 Å². The van der Waals surface area contributed by atoms with Crippen LogP contribution in [-0.2, 0) is 0 Å². The molecule has 0 radical (unpaired) electrons. The summed E-state index contributed by atoms with van der Waals surface area (Å²) < 4.78 is 0. The quantitative estimate of drug-likeness (QED) is 0.572. The fourth-order valence-corrected chi connectivity index (χ4v) is 0. The van der Waals surface area contributed by atoms with E-state index < -0.39 is 0 Å². The van der Waals surface area contributed by atoms with Crippen molar-refractivity contribution < 1.29 is 5.11 Å². The molecule has 0 fully saturated rings. The summed E-state index contributed by atoms with van der Waals surface area (Å²) in [7, 11) is 0. The van der Waals surface area contributed by atoms with E-state index in [2.05, 4.69) is 0 Å². The van der Waals surface area contributed by atoms with Gasteiger partial charge in [0.25, 0.3) is 0 Å². The fourth-order valence-electron chi connectivity index (χ4n) is 0. The van der Waals surface area contributed by atoms with Gasteiger partial charge < -0.3 is 5.11 Å². The number of aliphatic hydroxyl groups is 1. The van der Waals surface area contributed by atoms with E-state index in [1.54, 1.807) is 0 Å². The molecule has 0 aliphatic heterocycles. The Morgan fingerprint density at radius 1 is 1.50 bits per heavy atom.